The number of aliphatic hydroxyl groups excluding tert-OH is 1. The molecule has 18 heavy (non-hydrogen) atoms. The highest BCUT2D eigenvalue weighted by molar-refractivity contribution is 7.71. The van der Waals surface area contributed by atoms with Gasteiger partial charge in [-0.3, -0.25) is 9.25 Å². The van der Waals surface area contributed by atoms with Crippen LogP contribution >= 0.6 is 12.2 Å². The van der Waals surface area contributed by atoms with Crippen molar-refractivity contribution in [2.24, 2.45) is 7.05 Å². The fourth-order valence-corrected chi connectivity index (χ4v) is 3.32. The van der Waals surface area contributed by atoms with E-state index in [4.69, 9.17) is 12.2 Å². The van der Waals surface area contributed by atoms with Gasteiger partial charge in [-0.15, -0.1) is 0 Å². The van der Waals surface area contributed by atoms with E-state index in [1.807, 2.05) is 18.7 Å². The van der Waals surface area contributed by atoms with Crippen LogP contribution < -0.4 is 0 Å². The van der Waals surface area contributed by atoms with Crippen LogP contribution in [0.15, 0.2) is 0 Å². The zero-order valence-electron chi connectivity index (χ0n) is 10.7. The van der Waals surface area contributed by atoms with Gasteiger partial charge >= 0.3 is 0 Å². The molecular weight excluding hydrogens is 248 g/mol. The first kappa shape index (κ1) is 11.9. The maximum absolute atomic E-state index is 9.61. The maximum atomic E-state index is 9.61. The summed E-state index contributed by atoms with van der Waals surface area (Å²) in [6, 6.07) is 0.379. The number of fused-ring (bicyclic) bond motifs is 1. The molecule has 98 valence electrons. The number of nitrogens with zero attached hydrogens (tertiary/aromatic N) is 3. The van der Waals surface area contributed by atoms with Crippen LogP contribution in [0.1, 0.15) is 37.4 Å². The molecule has 0 saturated heterocycles. The van der Waals surface area contributed by atoms with Gasteiger partial charge < -0.3 is 10.1 Å². The lowest BCUT2D eigenvalue weighted by Gasteiger charge is -2.26. The topological polar surface area (TPSA) is 58.8 Å². The number of H-pyrrole nitrogens is 1. The second-order valence-electron chi connectivity index (χ2n) is 5.17. The van der Waals surface area contributed by atoms with Crippen LogP contribution in [0.25, 0.3) is 11.2 Å². The van der Waals surface area contributed by atoms with E-state index in [0.717, 1.165) is 47.3 Å². The summed E-state index contributed by atoms with van der Waals surface area (Å²) in [7, 11) is 1.95. The van der Waals surface area contributed by atoms with Crippen LogP contribution in [-0.4, -0.2) is 30.5 Å². The highest BCUT2D eigenvalue weighted by Gasteiger charge is 2.24. The van der Waals surface area contributed by atoms with Crippen LogP contribution in [0.5, 0.6) is 0 Å². The second kappa shape index (κ2) is 4.20. The summed E-state index contributed by atoms with van der Waals surface area (Å²) in [5.41, 5.74) is 3.08. The van der Waals surface area contributed by atoms with E-state index < -0.39 is 0 Å². The third-order valence-corrected chi connectivity index (χ3v) is 4.20. The van der Waals surface area contributed by atoms with E-state index in [9.17, 15) is 5.11 Å². The van der Waals surface area contributed by atoms with E-state index in [0.29, 0.717) is 6.04 Å². The second-order valence-corrected chi connectivity index (χ2v) is 5.56. The SMILES string of the molecule is Cc1nn(C)c2c1[nH]c(=S)n2C1CCC(O)CC1. The van der Waals surface area contributed by atoms with E-state index in [1.165, 1.54) is 0 Å². The fourth-order valence-electron chi connectivity index (χ4n) is 2.99. The third-order valence-electron chi connectivity index (χ3n) is 3.90. The van der Waals surface area contributed by atoms with Crippen molar-refractivity contribution in [1.82, 2.24) is 19.3 Å². The molecule has 0 spiro atoms. The number of aliphatic hydroxyl groups is 1. The molecule has 2 N–H and O–H groups in total. The van der Waals surface area contributed by atoms with Gasteiger partial charge in [0.1, 0.15) is 5.52 Å². The van der Waals surface area contributed by atoms with Crippen molar-refractivity contribution in [1.29, 1.82) is 0 Å². The summed E-state index contributed by atoms with van der Waals surface area (Å²) in [5.74, 6) is 0. The van der Waals surface area contributed by atoms with E-state index >= 15 is 0 Å². The van der Waals surface area contributed by atoms with E-state index in [1.54, 1.807) is 0 Å². The molecule has 5 nitrogen and oxygen atoms in total. The molecule has 1 aliphatic rings. The summed E-state index contributed by atoms with van der Waals surface area (Å²) in [6.45, 7) is 1.99. The summed E-state index contributed by atoms with van der Waals surface area (Å²) in [5, 5.41) is 14.0. The van der Waals surface area contributed by atoms with Crippen molar-refractivity contribution in [3.63, 3.8) is 0 Å². The minimum absolute atomic E-state index is 0.141. The molecular formula is C12H18N4OS. The standard InChI is InChI=1S/C12H18N4OS/c1-7-10-11(15(2)14-7)16(12(18)13-10)8-3-5-9(17)6-4-8/h8-9,17H,3-6H2,1-2H3,(H,13,18). The Labute approximate surface area is 110 Å². The summed E-state index contributed by atoms with van der Waals surface area (Å²) >= 11 is 5.44. The van der Waals surface area contributed by atoms with Gasteiger partial charge in [-0.05, 0) is 44.8 Å². The molecule has 3 rings (SSSR count). The first-order valence-corrected chi connectivity index (χ1v) is 6.80. The number of nitrogens with one attached hydrogen (secondary N) is 1. The van der Waals surface area contributed by atoms with Gasteiger partial charge in [-0.2, -0.15) is 5.10 Å². The largest absolute Gasteiger partial charge is 0.393 e. The number of rotatable bonds is 1. The molecule has 0 radical (unpaired) electrons. The monoisotopic (exact) mass is 266 g/mol. The van der Waals surface area contributed by atoms with Crippen LogP contribution in [0.4, 0.5) is 0 Å². The molecule has 0 aliphatic heterocycles. The van der Waals surface area contributed by atoms with Crippen molar-refractivity contribution in [2.45, 2.75) is 44.8 Å². The predicted octanol–water partition coefficient (Wildman–Crippen LogP) is 2.22. The molecule has 2 aromatic rings. The third kappa shape index (κ3) is 1.71. The van der Waals surface area contributed by atoms with Gasteiger partial charge in [-0.25, -0.2) is 0 Å². The molecule has 6 heteroatoms. The Hall–Kier alpha value is -1.14. The van der Waals surface area contributed by atoms with Crippen LogP contribution in [0, 0.1) is 11.7 Å². The van der Waals surface area contributed by atoms with Gasteiger partial charge in [0.2, 0.25) is 0 Å². The Morgan fingerprint density at radius 1 is 1.33 bits per heavy atom. The molecule has 0 aromatic carbocycles. The zero-order valence-corrected chi connectivity index (χ0v) is 11.5. The Kier molecular flexibility index (Phi) is 2.79. The smallest absolute Gasteiger partial charge is 0.179 e. The molecule has 2 aromatic heterocycles. The quantitative estimate of drug-likeness (QED) is 0.778. The minimum atomic E-state index is -0.141. The van der Waals surface area contributed by atoms with Crippen LogP contribution in [-0.2, 0) is 7.05 Å². The Morgan fingerprint density at radius 3 is 2.67 bits per heavy atom. The molecule has 1 aliphatic carbocycles. The highest BCUT2D eigenvalue weighted by atomic mass is 32.1. The normalized spacial score (nSPS) is 24.8. The van der Waals surface area contributed by atoms with Gasteiger partial charge in [0, 0.05) is 13.1 Å². The molecule has 0 atom stereocenters. The minimum Gasteiger partial charge on any atom is -0.393 e. The molecule has 2 heterocycles. The Morgan fingerprint density at radius 2 is 2.00 bits per heavy atom. The van der Waals surface area contributed by atoms with Crippen molar-refractivity contribution < 1.29 is 5.11 Å². The Balaban J connectivity index is 2.11. The molecule has 1 fully saturated rings. The summed E-state index contributed by atoms with van der Waals surface area (Å²) < 4.78 is 4.83. The van der Waals surface area contributed by atoms with E-state index in [2.05, 4.69) is 14.6 Å². The maximum Gasteiger partial charge on any atom is 0.179 e. The van der Waals surface area contributed by atoms with Crippen molar-refractivity contribution in [2.75, 3.05) is 0 Å². The molecule has 0 bridgehead atoms. The number of hydrogen-bond acceptors (Lipinski definition) is 3. The lowest BCUT2D eigenvalue weighted by Crippen LogP contribution is -2.21. The van der Waals surface area contributed by atoms with Crippen LogP contribution in [0.2, 0.25) is 0 Å². The summed E-state index contributed by atoms with van der Waals surface area (Å²) in [4.78, 5) is 3.26. The highest BCUT2D eigenvalue weighted by Crippen LogP contribution is 2.32. The molecule has 0 unspecified atom stereocenters. The Bertz CT molecular complexity index is 630. The van der Waals surface area contributed by atoms with Gasteiger partial charge in [0.15, 0.2) is 10.4 Å². The number of hydrogen-bond donors (Lipinski definition) is 2. The summed E-state index contributed by atoms with van der Waals surface area (Å²) in [6.07, 6.45) is 3.53. The number of aryl methyl sites for hydroxylation is 2. The number of aromatic nitrogens is 4. The first-order valence-electron chi connectivity index (χ1n) is 6.40. The zero-order chi connectivity index (χ0) is 12.9. The van der Waals surface area contributed by atoms with Crippen molar-refractivity contribution >= 4 is 23.4 Å². The average molecular weight is 266 g/mol. The van der Waals surface area contributed by atoms with Crippen molar-refractivity contribution in [3.8, 4) is 0 Å². The van der Waals surface area contributed by atoms with Gasteiger partial charge in [-0.1, -0.05) is 0 Å². The van der Waals surface area contributed by atoms with E-state index in [-0.39, 0.29) is 6.10 Å². The van der Waals surface area contributed by atoms with Crippen molar-refractivity contribution in [3.05, 3.63) is 10.5 Å². The fraction of sp³-hybridized carbons (Fsp3) is 0.667. The number of imidazole rings is 1. The van der Waals surface area contributed by atoms with Gasteiger partial charge in [0.25, 0.3) is 0 Å². The van der Waals surface area contributed by atoms with Crippen LogP contribution in [0.3, 0.4) is 0 Å². The van der Waals surface area contributed by atoms with Gasteiger partial charge in [0.05, 0.1) is 11.8 Å². The lowest BCUT2D eigenvalue weighted by molar-refractivity contribution is 0.111. The average Bonchev–Trinajstić information content (AvgIpc) is 2.79. The lowest BCUT2D eigenvalue weighted by atomic mass is 9.93. The number of aromatic amines is 1. The molecule has 0 amide bonds. The predicted molar refractivity (Wildman–Crippen MR) is 72.1 cm³/mol. The molecule has 1 saturated carbocycles. The first-order chi connectivity index (χ1) is 8.58.